The van der Waals surface area contributed by atoms with Crippen molar-refractivity contribution in [1.82, 2.24) is 10.6 Å². The van der Waals surface area contributed by atoms with E-state index in [-0.39, 0.29) is 11.9 Å². The lowest BCUT2D eigenvalue weighted by Gasteiger charge is -2.23. The second-order valence-corrected chi connectivity index (χ2v) is 5.02. The summed E-state index contributed by atoms with van der Waals surface area (Å²) >= 11 is 0. The summed E-state index contributed by atoms with van der Waals surface area (Å²) in [6.07, 6.45) is 1.09. The number of piperazine rings is 1. The molecule has 3 heteroatoms. The number of hydrogen-bond donors (Lipinski definition) is 2. The van der Waals surface area contributed by atoms with Crippen molar-refractivity contribution < 1.29 is 4.79 Å². The first-order valence-corrected chi connectivity index (χ1v) is 6.27. The minimum absolute atomic E-state index is 0.0767. The predicted octanol–water partition coefficient (Wildman–Crippen LogP) is 1.65. The van der Waals surface area contributed by atoms with E-state index in [2.05, 4.69) is 48.7 Å². The van der Waals surface area contributed by atoms with E-state index in [1.54, 1.807) is 0 Å². The summed E-state index contributed by atoms with van der Waals surface area (Å²) < 4.78 is 0. The Morgan fingerprint density at radius 3 is 2.53 bits per heavy atom. The van der Waals surface area contributed by atoms with Crippen molar-refractivity contribution in [2.45, 2.75) is 26.3 Å². The summed E-state index contributed by atoms with van der Waals surface area (Å²) in [6, 6.07) is 8.18. The number of amides is 1. The minimum atomic E-state index is -0.183. The maximum absolute atomic E-state index is 11.7. The molecule has 17 heavy (non-hydrogen) atoms. The molecule has 2 rings (SSSR count). The lowest BCUT2D eigenvalue weighted by Crippen LogP contribution is -2.47. The molecule has 1 unspecified atom stereocenters. The Labute approximate surface area is 103 Å². The van der Waals surface area contributed by atoms with Crippen molar-refractivity contribution in [1.29, 1.82) is 0 Å². The van der Waals surface area contributed by atoms with Crippen LogP contribution in [0.5, 0.6) is 0 Å². The van der Waals surface area contributed by atoms with E-state index in [9.17, 15) is 4.79 Å². The van der Waals surface area contributed by atoms with E-state index < -0.39 is 0 Å². The number of benzene rings is 1. The van der Waals surface area contributed by atoms with Crippen LogP contribution in [-0.2, 0) is 11.2 Å². The van der Waals surface area contributed by atoms with Crippen LogP contribution in [0.25, 0.3) is 0 Å². The summed E-state index contributed by atoms with van der Waals surface area (Å²) in [7, 11) is 0. The molecule has 1 fully saturated rings. The average molecular weight is 232 g/mol. The van der Waals surface area contributed by atoms with E-state index in [1.807, 2.05) is 0 Å². The Morgan fingerprint density at radius 1 is 1.24 bits per heavy atom. The highest BCUT2D eigenvalue weighted by Gasteiger charge is 2.22. The zero-order valence-corrected chi connectivity index (χ0v) is 10.5. The molecule has 3 nitrogen and oxygen atoms in total. The molecule has 1 atom stereocenters. The molecule has 0 aromatic heterocycles. The number of rotatable bonds is 3. The van der Waals surface area contributed by atoms with Gasteiger partial charge < -0.3 is 10.6 Å². The van der Waals surface area contributed by atoms with Crippen molar-refractivity contribution >= 4 is 5.91 Å². The van der Waals surface area contributed by atoms with Crippen LogP contribution in [0.1, 0.15) is 31.0 Å². The van der Waals surface area contributed by atoms with E-state index in [4.69, 9.17) is 0 Å². The van der Waals surface area contributed by atoms with Crippen LogP contribution in [0.15, 0.2) is 24.3 Å². The molecule has 2 N–H and O–H groups in total. The van der Waals surface area contributed by atoms with Crippen LogP contribution < -0.4 is 10.6 Å². The highest BCUT2D eigenvalue weighted by molar-refractivity contribution is 5.83. The fourth-order valence-electron chi connectivity index (χ4n) is 2.18. The Bertz CT molecular complexity index is 384. The molecule has 1 heterocycles. The van der Waals surface area contributed by atoms with Crippen molar-refractivity contribution in [3.63, 3.8) is 0 Å². The largest absolute Gasteiger partial charge is 0.353 e. The molecule has 92 valence electrons. The van der Waals surface area contributed by atoms with Gasteiger partial charge in [-0.3, -0.25) is 4.79 Å². The number of hydrogen-bond acceptors (Lipinski definition) is 2. The first-order chi connectivity index (χ1) is 8.16. The molecule has 0 bridgehead atoms. The molecule has 0 radical (unpaired) electrons. The maximum Gasteiger partial charge on any atom is 0.241 e. The van der Waals surface area contributed by atoms with Crippen molar-refractivity contribution in [2.24, 2.45) is 5.92 Å². The molecular formula is C14H20N2O. The van der Waals surface area contributed by atoms with Gasteiger partial charge in [0, 0.05) is 13.1 Å². The summed E-state index contributed by atoms with van der Waals surface area (Å²) in [5.41, 5.74) is 2.38. The van der Waals surface area contributed by atoms with Gasteiger partial charge in [-0.15, -0.1) is 0 Å². The standard InChI is InChI=1S/C14H20N2O/c1-10(2)9-11-3-5-12(6-4-11)13-14(17)16-8-7-15-13/h3-6,10,13,15H,7-9H2,1-2H3,(H,16,17). The molecule has 1 aliphatic rings. The smallest absolute Gasteiger partial charge is 0.241 e. The van der Waals surface area contributed by atoms with Gasteiger partial charge in [0.25, 0.3) is 0 Å². The van der Waals surface area contributed by atoms with Gasteiger partial charge in [-0.2, -0.15) is 0 Å². The normalized spacial score (nSPS) is 20.4. The van der Waals surface area contributed by atoms with Gasteiger partial charge >= 0.3 is 0 Å². The third-order valence-electron chi connectivity index (χ3n) is 2.99. The van der Waals surface area contributed by atoms with E-state index in [0.29, 0.717) is 5.92 Å². The Kier molecular flexibility index (Phi) is 3.79. The zero-order valence-electron chi connectivity index (χ0n) is 10.5. The monoisotopic (exact) mass is 232 g/mol. The van der Waals surface area contributed by atoms with Gasteiger partial charge in [-0.05, 0) is 23.5 Å². The maximum atomic E-state index is 11.7. The summed E-state index contributed by atoms with van der Waals surface area (Å²) in [6.45, 7) is 5.99. The summed E-state index contributed by atoms with van der Waals surface area (Å²) in [5, 5.41) is 6.11. The third kappa shape index (κ3) is 3.07. The molecule has 1 saturated heterocycles. The van der Waals surface area contributed by atoms with Crippen molar-refractivity contribution in [3.8, 4) is 0 Å². The Morgan fingerprint density at radius 2 is 1.94 bits per heavy atom. The predicted molar refractivity (Wildman–Crippen MR) is 68.7 cm³/mol. The Hall–Kier alpha value is -1.35. The number of carbonyl (C=O) groups excluding carboxylic acids is 1. The molecule has 0 aliphatic carbocycles. The topological polar surface area (TPSA) is 41.1 Å². The van der Waals surface area contributed by atoms with Crippen molar-refractivity contribution in [3.05, 3.63) is 35.4 Å². The van der Waals surface area contributed by atoms with Gasteiger partial charge in [0.15, 0.2) is 0 Å². The van der Waals surface area contributed by atoms with Gasteiger partial charge in [-0.25, -0.2) is 0 Å². The van der Waals surface area contributed by atoms with E-state index >= 15 is 0 Å². The molecular weight excluding hydrogens is 212 g/mol. The summed E-state index contributed by atoms with van der Waals surface area (Å²) in [4.78, 5) is 11.7. The quantitative estimate of drug-likeness (QED) is 0.832. The van der Waals surface area contributed by atoms with Crippen LogP contribution in [0.2, 0.25) is 0 Å². The van der Waals surface area contributed by atoms with Crippen LogP contribution in [-0.4, -0.2) is 19.0 Å². The molecule has 1 aliphatic heterocycles. The molecule has 0 spiro atoms. The second kappa shape index (κ2) is 5.32. The van der Waals surface area contributed by atoms with Crippen LogP contribution in [0, 0.1) is 5.92 Å². The highest BCUT2D eigenvalue weighted by atomic mass is 16.2. The van der Waals surface area contributed by atoms with Crippen LogP contribution in [0.4, 0.5) is 0 Å². The third-order valence-corrected chi connectivity index (χ3v) is 2.99. The highest BCUT2D eigenvalue weighted by Crippen LogP contribution is 2.17. The fourth-order valence-corrected chi connectivity index (χ4v) is 2.18. The molecule has 1 aromatic rings. The zero-order chi connectivity index (χ0) is 12.3. The first-order valence-electron chi connectivity index (χ1n) is 6.27. The number of nitrogens with one attached hydrogen (secondary N) is 2. The van der Waals surface area contributed by atoms with E-state index in [0.717, 1.165) is 25.1 Å². The van der Waals surface area contributed by atoms with Crippen LogP contribution >= 0.6 is 0 Å². The molecule has 1 amide bonds. The Balaban J connectivity index is 2.08. The fraction of sp³-hybridized carbons (Fsp3) is 0.500. The summed E-state index contributed by atoms with van der Waals surface area (Å²) in [5.74, 6) is 0.741. The molecule has 1 aromatic carbocycles. The van der Waals surface area contributed by atoms with Gasteiger partial charge in [0.05, 0.1) is 0 Å². The lowest BCUT2D eigenvalue weighted by molar-refractivity contribution is -0.124. The first kappa shape index (κ1) is 12.1. The van der Waals surface area contributed by atoms with E-state index in [1.165, 1.54) is 5.56 Å². The minimum Gasteiger partial charge on any atom is -0.353 e. The van der Waals surface area contributed by atoms with Gasteiger partial charge in [0.2, 0.25) is 5.91 Å². The molecule has 0 saturated carbocycles. The average Bonchev–Trinajstić information content (AvgIpc) is 2.30. The van der Waals surface area contributed by atoms with Crippen LogP contribution in [0.3, 0.4) is 0 Å². The van der Waals surface area contributed by atoms with Gasteiger partial charge in [0.1, 0.15) is 6.04 Å². The number of carbonyl (C=O) groups is 1. The SMILES string of the molecule is CC(C)Cc1ccc(C2NCCNC2=O)cc1. The second-order valence-electron chi connectivity index (χ2n) is 5.02. The van der Waals surface area contributed by atoms with Crippen molar-refractivity contribution in [2.75, 3.05) is 13.1 Å². The van der Waals surface area contributed by atoms with Gasteiger partial charge in [-0.1, -0.05) is 38.1 Å². The lowest BCUT2D eigenvalue weighted by atomic mass is 9.98.